The summed E-state index contributed by atoms with van der Waals surface area (Å²) in [6, 6.07) is 0. The molecule has 1 aliphatic heterocycles. The zero-order valence-electron chi connectivity index (χ0n) is 12.7. The van der Waals surface area contributed by atoms with E-state index in [-0.39, 0.29) is 6.54 Å². The zero-order valence-corrected chi connectivity index (χ0v) is 14.3. The summed E-state index contributed by atoms with van der Waals surface area (Å²) >= 11 is 3.63. The fourth-order valence-corrected chi connectivity index (χ4v) is 3.17. The van der Waals surface area contributed by atoms with Gasteiger partial charge in [0.05, 0.1) is 22.4 Å². The first kappa shape index (κ1) is 16.5. The Morgan fingerprint density at radius 1 is 1.29 bits per heavy atom. The van der Waals surface area contributed by atoms with Gasteiger partial charge in [0.1, 0.15) is 0 Å². The SMILES string of the molecule is CCn1nc(C)c(Br)c1CN1CCCN(CC(=O)O)CC1. The first-order valence-electron chi connectivity index (χ1n) is 7.39. The van der Waals surface area contributed by atoms with Crippen molar-refractivity contribution in [2.24, 2.45) is 0 Å². The normalized spacial score (nSPS) is 17.9. The largest absolute Gasteiger partial charge is 0.480 e. The monoisotopic (exact) mass is 358 g/mol. The maximum Gasteiger partial charge on any atom is 0.317 e. The number of rotatable bonds is 5. The predicted molar refractivity (Wildman–Crippen MR) is 84.3 cm³/mol. The van der Waals surface area contributed by atoms with E-state index in [1.165, 1.54) is 5.69 Å². The Kier molecular flexibility index (Phi) is 5.78. The molecule has 0 amide bonds. The average molecular weight is 359 g/mol. The number of carbonyl (C=O) groups is 1. The Hall–Kier alpha value is -0.920. The van der Waals surface area contributed by atoms with Crippen LogP contribution in [0.25, 0.3) is 0 Å². The van der Waals surface area contributed by atoms with Crippen molar-refractivity contribution in [2.75, 3.05) is 32.7 Å². The predicted octanol–water partition coefficient (Wildman–Crippen LogP) is 1.57. The first-order valence-corrected chi connectivity index (χ1v) is 8.18. The Balaban J connectivity index is 1.99. The zero-order chi connectivity index (χ0) is 15.4. The van der Waals surface area contributed by atoms with E-state index in [1.807, 2.05) is 16.5 Å². The van der Waals surface area contributed by atoms with Crippen molar-refractivity contribution in [1.82, 2.24) is 19.6 Å². The summed E-state index contributed by atoms with van der Waals surface area (Å²) in [5.74, 6) is -0.745. The summed E-state index contributed by atoms with van der Waals surface area (Å²) in [6.45, 7) is 9.53. The van der Waals surface area contributed by atoms with Crippen LogP contribution in [-0.2, 0) is 17.9 Å². The highest BCUT2D eigenvalue weighted by Crippen LogP contribution is 2.23. The summed E-state index contributed by atoms with van der Waals surface area (Å²) in [4.78, 5) is 15.2. The molecule has 0 bridgehead atoms. The van der Waals surface area contributed by atoms with Gasteiger partial charge in [0.25, 0.3) is 0 Å². The van der Waals surface area contributed by atoms with Gasteiger partial charge < -0.3 is 5.11 Å². The topological polar surface area (TPSA) is 61.6 Å². The van der Waals surface area contributed by atoms with Crippen molar-refractivity contribution >= 4 is 21.9 Å². The Morgan fingerprint density at radius 3 is 2.62 bits per heavy atom. The third-order valence-electron chi connectivity index (χ3n) is 3.87. The molecule has 7 heteroatoms. The highest BCUT2D eigenvalue weighted by atomic mass is 79.9. The van der Waals surface area contributed by atoms with E-state index in [2.05, 4.69) is 32.9 Å². The molecular weight excluding hydrogens is 336 g/mol. The Bertz CT molecular complexity index is 503. The van der Waals surface area contributed by atoms with Crippen LogP contribution >= 0.6 is 15.9 Å². The molecule has 6 nitrogen and oxygen atoms in total. The van der Waals surface area contributed by atoms with Crippen LogP contribution in [0.5, 0.6) is 0 Å². The molecule has 0 unspecified atom stereocenters. The van der Waals surface area contributed by atoms with Crippen LogP contribution in [0.2, 0.25) is 0 Å². The van der Waals surface area contributed by atoms with Gasteiger partial charge in [-0.3, -0.25) is 19.3 Å². The Morgan fingerprint density at radius 2 is 1.95 bits per heavy atom. The molecule has 1 saturated heterocycles. The third kappa shape index (κ3) is 4.28. The lowest BCUT2D eigenvalue weighted by Gasteiger charge is -2.21. The maximum atomic E-state index is 10.8. The summed E-state index contributed by atoms with van der Waals surface area (Å²) in [5, 5.41) is 13.4. The molecule has 1 N–H and O–H groups in total. The van der Waals surface area contributed by atoms with Crippen molar-refractivity contribution < 1.29 is 9.90 Å². The van der Waals surface area contributed by atoms with Crippen LogP contribution in [0.15, 0.2) is 4.47 Å². The van der Waals surface area contributed by atoms with Gasteiger partial charge in [0, 0.05) is 32.7 Å². The average Bonchev–Trinajstić information content (AvgIpc) is 2.61. The molecule has 0 atom stereocenters. The van der Waals surface area contributed by atoms with Crippen molar-refractivity contribution in [2.45, 2.75) is 33.4 Å². The minimum Gasteiger partial charge on any atom is -0.480 e. The second kappa shape index (κ2) is 7.38. The van der Waals surface area contributed by atoms with Crippen LogP contribution in [0.3, 0.4) is 0 Å². The summed E-state index contributed by atoms with van der Waals surface area (Å²) in [7, 11) is 0. The molecule has 1 aliphatic rings. The van der Waals surface area contributed by atoms with Crippen LogP contribution < -0.4 is 0 Å². The van der Waals surface area contributed by atoms with Crippen molar-refractivity contribution in [1.29, 1.82) is 0 Å². The summed E-state index contributed by atoms with van der Waals surface area (Å²) < 4.78 is 3.13. The molecule has 118 valence electrons. The van der Waals surface area contributed by atoms with Gasteiger partial charge in [-0.25, -0.2) is 0 Å². The van der Waals surface area contributed by atoms with E-state index in [4.69, 9.17) is 5.11 Å². The van der Waals surface area contributed by atoms with Crippen LogP contribution in [-0.4, -0.2) is 63.4 Å². The molecular formula is C14H23BrN4O2. The highest BCUT2D eigenvalue weighted by molar-refractivity contribution is 9.10. The quantitative estimate of drug-likeness (QED) is 0.865. The number of hydrogen-bond acceptors (Lipinski definition) is 4. The minimum absolute atomic E-state index is 0.142. The van der Waals surface area contributed by atoms with Crippen molar-refractivity contribution in [3.8, 4) is 0 Å². The molecule has 0 spiro atoms. The van der Waals surface area contributed by atoms with Crippen molar-refractivity contribution in [3.05, 3.63) is 15.9 Å². The molecule has 0 aliphatic carbocycles. The second-order valence-electron chi connectivity index (χ2n) is 5.46. The fourth-order valence-electron chi connectivity index (χ4n) is 2.76. The molecule has 0 radical (unpaired) electrons. The van der Waals surface area contributed by atoms with Crippen LogP contribution in [0, 0.1) is 6.92 Å². The van der Waals surface area contributed by atoms with E-state index >= 15 is 0 Å². The number of halogens is 1. The lowest BCUT2D eigenvalue weighted by atomic mass is 10.3. The van der Waals surface area contributed by atoms with Crippen molar-refractivity contribution in [3.63, 3.8) is 0 Å². The smallest absolute Gasteiger partial charge is 0.317 e. The van der Waals surface area contributed by atoms with Gasteiger partial charge in [-0.15, -0.1) is 0 Å². The number of aliphatic carboxylic acids is 1. The molecule has 2 rings (SSSR count). The van der Waals surface area contributed by atoms with Gasteiger partial charge in [0.2, 0.25) is 0 Å². The molecule has 0 aromatic carbocycles. The van der Waals surface area contributed by atoms with E-state index in [0.29, 0.717) is 0 Å². The fraction of sp³-hybridized carbons (Fsp3) is 0.714. The number of aromatic nitrogens is 2. The maximum absolute atomic E-state index is 10.8. The lowest BCUT2D eigenvalue weighted by molar-refractivity contribution is -0.138. The standard InChI is InChI=1S/C14H23BrN4O2/c1-3-19-12(14(15)11(2)16-19)9-17-5-4-6-18(8-7-17)10-13(20)21/h3-10H2,1-2H3,(H,20,21). The first-order chi connectivity index (χ1) is 10.0. The molecule has 0 saturated carbocycles. The van der Waals surface area contributed by atoms with E-state index in [9.17, 15) is 4.79 Å². The van der Waals surface area contributed by atoms with E-state index in [1.54, 1.807) is 0 Å². The number of aryl methyl sites for hydroxylation is 2. The molecule has 21 heavy (non-hydrogen) atoms. The van der Waals surface area contributed by atoms with Gasteiger partial charge in [-0.2, -0.15) is 5.10 Å². The van der Waals surface area contributed by atoms with Gasteiger partial charge in [-0.05, 0) is 42.7 Å². The Labute approximate surface area is 133 Å². The third-order valence-corrected chi connectivity index (χ3v) is 4.90. The van der Waals surface area contributed by atoms with E-state index < -0.39 is 5.97 Å². The van der Waals surface area contributed by atoms with Crippen LogP contribution in [0.4, 0.5) is 0 Å². The number of carboxylic acids is 1. The lowest BCUT2D eigenvalue weighted by Crippen LogP contribution is -2.34. The molecule has 2 heterocycles. The highest BCUT2D eigenvalue weighted by Gasteiger charge is 2.20. The second-order valence-corrected chi connectivity index (χ2v) is 6.25. The van der Waals surface area contributed by atoms with E-state index in [0.717, 1.165) is 55.9 Å². The number of carboxylic acid groups (broad SMARTS) is 1. The molecule has 1 aromatic rings. The van der Waals surface area contributed by atoms with Gasteiger partial charge in [0.15, 0.2) is 0 Å². The van der Waals surface area contributed by atoms with Crippen LogP contribution in [0.1, 0.15) is 24.7 Å². The number of nitrogens with zero attached hydrogens (tertiary/aromatic N) is 4. The van der Waals surface area contributed by atoms with Gasteiger partial charge >= 0.3 is 5.97 Å². The summed E-state index contributed by atoms with van der Waals surface area (Å²) in [5.41, 5.74) is 2.23. The molecule has 1 aromatic heterocycles. The van der Waals surface area contributed by atoms with Gasteiger partial charge in [-0.1, -0.05) is 0 Å². The number of hydrogen-bond donors (Lipinski definition) is 1. The summed E-state index contributed by atoms with van der Waals surface area (Å²) in [6.07, 6.45) is 1.00. The molecule has 1 fully saturated rings. The minimum atomic E-state index is -0.745.